The fourth-order valence-corrected chi connectivity index (χ4v) is 6.32. The zero-order valence-electron chi connectivity index (χ0n) is 20.9. The number of ether oxygens (including phenoxy) is 1. The van der Waals surface area contributed by atoms with Crippen LogP contribution in [0.1, 0.15) is 42.0 Å². The van der Waals surface area contributed by atoms with E-state index in [1.807, 2.05) is 24.3 Å². The van der Waals surface area contributed by atoms with Gasteiger partial charge >= 0.3 is 0 Å². The molecule has 0 saturated carbocycles. The van der Waals surface area contributed by atoms with E-state index in [-0.39, 0.29) is 17.3 Å². The molecule has 4 aromatic rings. The number of hydrogen-bond donors (Lipinski definition) is 1. The van der Waals surface area contributed by atoms with E-state index >= 15 is 0 Å². The van der Waals surface area contributed by atoms with Crippen LogP contribution in [0.25, 0.3) is 11.1 Å². The first-order chi connectivity index (χ1) is 18.2. The first-order valence-electron chi connectivity index (χ1n) is 12.2. The Hall–Kier alpha value is -3.89. The van der Waals surface area contributed by atoms with Gasteiger partial charge in [0.15, 0.2) is 4.90 Å². The van der Waals surface area contributed by atoms with E-state index in [1.54, 1.807) is 32.0 Å². The monoisotopic (exact) mass is 535 g/mol. The molecule has 2 heterocycles. The molecule has 0 unspecified atom stereocenters. The van der Waals surface area contributed by atoms with Crippen molar-refractivity contribution >= 4 is 9.84 Å². The summed E-state index contributed by atoms with van der Waals surface area (Å²) in [5.41, 5.74) is 2.69. The van der Waals surface area contributed by atoms with E-state index in [0.717, 1.165) is 17.5 Å². The second-order valence-electron chi connectivity index (χ2n) is 9.04. The van der Waals surface area contributed by atoms with Crippen LogP contribution in [0.3, 0.4) is 0 Å². The lowest BCUT2D eigenvalue weighted by Crippen LogP contribution is -2.27. The van der Waals surface area contributed by atoms with Crippen molar-refractivity contribution in [3.63, 3.8) is 0 Å². The zero-order chi connectivity index (χ0) is 27.0. The molecule has 0 fully saturated rings. The van der Waals surface area contributed by atoms with Crippen LogP contribution in [0.15, 0.2) is 75.2 Å². The Morgan fingerprint density at radius 2 is 1.82 bits per heavy atom. The van der Waals surface area contributed by atoms with Crippen LogP contribution in [0, 0.1) is 12.9 Å². The summed E-state index contributed by atoms with van der Waals surface area (Å²) in [5, 5.41) is 11.4. The zero-order valence-corrected chi connectivity index (χ0v) is 21.7. The van der Waals surface area contributed by atoms with E-state index in [1.165, 1.54) is 22.8 Å². The van der Waals surface area contributed by atoms with Crippen molar-refractivity contribution in [2.45, 2.75) is 49.1 Å². The van der Waals surface area contributed by atoms with Gasteiger partial charge in [-0.1, -0.05) is 36.4 Å². The van der Waals surface area contributed by atoms with Crippen LogP contribution < -0.4 is 5.56 Å². The molecule has 5 rings (SSSR count). The lowest BCUT2D eigenvalue weighted by molar-refractivity contribution is 0.121. The van der Waals surface area contributed by atoms with Crippen molar-refractivity contribution in [1.29, 1.82) is 0 Å². The molecule has 196 valence electrons. The third-order valence-corrected chi connectivity index (χ3v) is 8.57. The molecule has 0 saturated heterocycles. The van der Waals surface area contributed by atoms with Gasteiger partial charge in [0.2, 0.25) is 21.7 Å². The fraction of sp³-hybridized carbons (Fsp3) is 0.250. The van der Waals surface area contributed by atoms with Crippen LogP contribution in [-0.4, -0.2) is 34.7 Å². The number of hydrogen-bond acceptors (Lipinski definition) is 7. The van der Waals surface area contributed by atoms with Gasteiger partial charge in [-0.25, -0.2) is 13.4 Å². The summed E-state index contributed by atoms with van der Waals surface area (Å²) in [6.07, 6.45) is 1.34. The summed E-state index contributed by atoms with van der Waals surface area (Å²) < 4.78 is 47.6. The van der Waals surface area contributed by atoms with E-state index < -0.39 is 38.2 Å². The average Bonchev–Trinajstić information content (AvgIpc) is 3.31. The molecular formula is C28H26FN3O5S. The maximum Gasteiger partial charge on any atom is 0.296 e. The fourth-order valence-electron chi connectivity index (χ4n) is 4.98. The van der Waals surface area contributed by atoms with Crippen molar-refractivity contribution in [2.24, 2.45) is 0 Å². The molecule has 2 aromatic carbocycles. The molecule has 0 spiro atoms. The van der Waals surface area contributed by atoms with Gasteiger partial charge in [-0.2, -0.15) is 9.37 Å². The van der Waals surface area contributed by atoms with Crippen molar-refractivity contribution in [3.8, 4) is 17.0 Å². The summed E-state index contributed by atoms with van der Waals surface area (Å²) in [6, 6.07) is 15.9. The molecule has 1 aliphatic rings. The minimum Gasteiger partial charge on any atom is -0.493 e. The molecule has 1 aliphatic carbocycles. The summed E-state index contributed by atoms with van der Waals surface area (Å²) >= 11 is 0. The molecule has 0 aliphatic heterocycles. The molecule has 1 atom stereocenters. The number of benzene rings is 2. The SMILES string of the molecule is CCOCc1nc(=O)c(S(=O)(=O)c2ccc(-c3ccc(F)nc3C)cc2)c(O)n1[C@H]1CCc2ccccc21. The van der Waals surface area contributed by atoms with Gasteiger partial charge in [0.1, 0.15) is 12.4 Å². The maximum atomic E-state index is 13.7. The Morgan fingerprint density at radius 1 is 1.08 bits per heavy atom. The number of rotatable bonds is 7. The van der Waals surface area contributed by atoms with Gasteiger partial charge in [-0.15, -0.1) is 0 Å². The highest BCUT2D eigenvalue weighted by molar-refractivity contribution is 7.91. The number of fused-ring (bicyclic) bond motifs is 1. The first-order valence-corrected chi connectivity index (χ1v) is 13.7. The minimum absolute atomic E-state index is 0.0575. The maximum absolute atomic E-state index is 13.7. The van der Waals surface area contributed by atoms with Crippen molar-refractivity contribution in [2.75, 3.05) is 6.61 Å². The Kier molecular flexibility index (Phi) is 6.85. The number of sulfone groups is 1. The molecule has 0 amide bonds. The smallest absolute Gasteiger partial charge is 0.296 e. The topological polar surface area (TPSA) is 111 Å². The van der Waals surface area contributed by atoms with Crippen LogP contribution >= 0.6 is 0 Å². The van der Waals surface area contributed by atoms with Gasteiger partial charge < -0.3 is 9.84 Å². The van der Waals surface area contributed by atoms with Crippen LogP contribution in [0.2, 0.25) is 0 Å². The molecule has 0 bridgehead atoms. The third kappa shape index (κ3) is 4.50. The number of aromatic nitrogens is 3. The Morgan fingerprint density at radius 3 is 2.53 bits per heavy atom. The summed E-state index contributed by atoms with van der Waals surface area (Å²) in [6.45, 7) is 3.74. The summed E-state index contributed by atoms with van der Waals surface area (Å²) in [7, 11) is -4.45. The molecule has 10 heteroatoms. The highest BCUT2D eigenvalue weighted by atomic mass is 32.2. The van der Waals surface area contributed by atoms with Gasteiger partial charge in [0.05, 0.1) is 10.9 Å². The standard InChI is InChI=1S/C28H26FN3O5S/c1-3-37-16-25-31-27(33)26(28(34)32(25)23-14-10-18-6-4-5-7-22(18)23)38(35,36)20-11-8-19(9-12-20)21-13-15-24(29)30-17(21)2/h4-9,11-13,15,23,34H,3,10,14,16H2,1-2H3/t23-/m0/s1. The predicted molar refractivity (Wildman–Crippen MR) is 138 cm³/mol. The number of halogens is 1. The van der Waals surface area contributed by atoms with Gasteiger partial charge in [0, 0.05) is 17.9 Å². The van der Waals surface area contributed by atoms with Crippen molar-refractivity contribution < 1.29 is 22.7 Å². The molecule has 8 nitrogen and oxygen atoms in total. The lowest BCUT2D eigenvalue weighted by Gasteiger charge is -2.23. The number of aromatic hydroxyl groups is 1. The summed E-state index contributed by atoms with van der Waals surface area (Å²) in [5.74, 6) is -1.11. The minimum atomic E-state index is -4.45. The number of nitrogens with zero attached hydrogens (tertiary/aromatic N) is 3. The average molecular weight is 536 g/mol. The molecule has 38 heavy (non-hydrogen) atoms. The second kappa shape index (κ2) is 10.1. The Labute approximate surface area is 219 Å². The predicted octanol–water partition coefficient (Wildman–Crippen LogP) is 4.36. The van der Waals surface area contributed by atoms with Crippen LogP contribution in [0.4, 0.5) is 4.39 Å². The van der Waals surface area contributed by atoms with Crippen LogP contribution in [-0.2, 0) is 27.6 Å². The first kappa shape index (κ1) is 25.7. The highest BCUT2D eigenvalue weighted by Gasteiger charge is 2.34. The third-order valence-electron chi connectivity index (χ3n) is 6.78. The Balaban J connectivity index is 1.62. The largest absolute Gasteiger partial charge is 0.493 e. The van der Waals surface area contributed by atoms with E-state index in [0.29, 0.717) is 29.8 Å². The van der Waals surface area contributed by atoms with E-state index in [2.05, 4.69) is 9.97 Å². The lowest BCUT2D eigenvalue weighted by atomic mass is 10.1. The van der Waals surface area contributed by atoms with Gasteiger partial charge in [0.25, 0.3) is 5.56 Å². The molecular weight excluding hydrogens is 509 g/mol. The van der Waals surface area contributed by atoms with Crippen molar-refractivity contribution in [1.82, 2.24) is 14.5 Å². The van der Waals surface area contributed by atoms with Crippen molar-refractivity contribution in [3.05, 3.63) is 99.6 Å². The molecule has 1 N–H and O–H groups in total. The molecule has 2 aromatic heterocycles. The highest BCUT2D eigenvalue weighted by Crippen LogP contribution is 2.39. The number of aryl methyl sites for hydroxylation is 2. The Bertz CT molecular complexity index is 1680. The molecule has 0 radical (unpaired) electrons. The van der Waals surface area contributed by atoms with Crippen LogP contribution in [0.5, 0.6) is 5.88 Å². The van der Waals surface area contributed by atoms with Gasteiger partial charge in [-0.3, -0.25) is 9.36 Å². The second-order valence-corrected chi connectivity index (χ2v) is 10.9. The summed E-state index contributed by atoms with van der Waals surface area (Å²) in [4.78, 5) is 20.0. The van der Waals surface area contributed by atoms with E-state index in [4.69, 9.17) is 4.74 Å². The quantitative estimate of drug-likeness (QED) is 0.350. The van der Waals surface area contributed by atoms with E-state index in [9.17, 15) is 22.7 Å². The normalized spacial score (nSPS) is 15.0. The number of pyridine rings is 1. The van der Waals surface area contributed by atoms with Gasteiger partial charge in [-0.05, 0) is 67.6 Å².